The van der Waals surface area contributed by atoms with Crippen LogP contribution in [-0.4, -0.2) is 82.6 Å². The van der Waals surface area contributed by atoms with E-state index in [2.05, 4.69) is 23.0 Å². The zero-order valence-corrected chi connectivity index (χ0v) is 22.1. The fraction of sp³-hybridized carbons (Fsp3) is 0.467. The predicted octanol–water partition coefficient (Wildman–Crippen LogP) is 3.36. The summed E-state index contributed by atoms with van der Waals surface area (Å²) in [5.74, 6) is 0. The number of rotatable bonds is 8. The minimum Gasteiger partial charge on any atom is -0.385 e. The van der Waals surface area contributed by atoms with Gasteiger partial charge in [0, 0.05) is 13.1 Å². The molecule has 38 heavy (non-hydrogen) atoms. The van der Waals surface area contributed by atoms with Crippen molar-refractivity contribution < 1.29 is 29.2 Å². The lowest BCUT2D eigenvalue weighted by molar-refractivity contribution is -0.434. The lowest BCUT2D eigenvalue weighted by Gasteiger charge is -2.56. The van der Waals surface area contributed by atoms with E-state index in [1.165, 1.54) is 12.2 Å². The van der Waals surface area contributed by atoms with Crippen molar-refractivity contribution in [3.63, 3.8) is 0 Å². The van der Waals surface area contributed by atoms with E-state index in [-0.39, 0.29) is 25.2 Å². The van der Waals surface area contributed by atoms with Crippen LogP contribution in [0.5, 0.6) is 0 Å². The van der Waals surface area contributed by atoms with Gasteiger partial charge >= 0.3 is 0 Å². The summed E-state index contributed by atoms with van der Waals surface area (Å²) in [6.07, 6.45) is 0.352. The summed E-state index contributed by atoms with van der Waals surface area (Å²) < 4.78 is 25.7. The number of hydrogen-bond acceptors (Lipinski definition) is 8. The first-order valence-electron chi connectivity index (χ1n) is 13.1. The predicted molar refractivity (Wildman–Crippen MR) is 143 cm³/mol. The molecule has 8 heteroatoms. The van der Waals surface area contributed by atoms with Crippen molar-refractivity contribution in [3.8, 4) is 0 Å². The minimum absolute atomic E-state index is 0.165. The first kappa shape index (κ1) is 27.2. The molecule has 3 saturated heterocycles. The topological polar surface area (TPSA) is 83.9 Å². The van der Waals surface area contributed by atoms with E-state index in [4.69, 9.17) is 18.9 Å². The molecule has 0 saturated carbocycles. The first-order chi connectivity index (χ1) is 18.2. The van der Waals surface area contributed by atoms with Crippen molar-refractivity contribution in [2.75, 3.05) is 26.3 Å². The second-order valence-corrected chi connectivity index (χ2v) is 10.8. The van der Waals surface area contributed by atoms with E-state index in [0.717, 1.165) is 11.1 Å². The largest absolute Gasteiger partial charge is 0.385 e. The number of benzene rings is 2. The molecular formula is C30H38N2O6. The van der Waals surface area contributed by atoms with E-state index in [0.29, 0.717) is 13.2 Å². The molecule has 3 aliphatic heterocycles. The van der Waals surface area contributed by atoms with Gasteiger partial charge in [-0.1, -0.05) is 72.8 Å². The van der Waals surface area contributed by atoms with Gasteiger partial charge < -0.3 is 29.2 Å². The highest BCUT2D eigenvalue weighted by Gasteiger charge is 2.53. The number of fused-ring (bicyclic) bond motifs is 2. The van der Waals surface area contributed by atoms with Crippen LogP contribution in [0, 0.1) is 0 Å². The fourth-order valence-corrected chi connectivity index (χ4v) is 5.36. The Kier molecular flexibility index (Phi) is 7.86. The molecule has 3 aliphatic rings. The average molecular weight is 523 g/mol. The van der Waals surface area contributed by atoms with Crippen LogP contribution in [0.2, 0.25) is 0 Å². The molecule has 5 rings (SSSR count). The van der Waals surface area contributed by atoms with Crippen LogP contribution in [-0.2, 0) is 18.9 Å². The van der Waals surface area contributed by atoms with Gasteiger partial charge in [-0.15, -0.1) is 13.2 Å². The van der Waals surface area contributed by atoms with E-state index in [1.54, 1.807) is 13.8 Å². The van der Waals surface area contributed by atoms with E-state index in [9.17, 15) is 10.2 Å². The standard InChI is InChI=1S/C30H38N2O6/c1-5-29(3,33)19-31-23(21-13-9-7-10-14-21)17-35-27-25(31)37-28-26(38-27)32(20-30(4,34)6-2)24(18-36-28)22-15-11-8-12-16-22/h5-16,23-28,33-34H,1-2,17-20H2,3-4H3/t23-,24+,25?,26?,27?,28?,29?,30?. The van der Waals surface area contributed by atoms with Gasteiger partial charge in [-0.25, -0.2) is 0 Å². The van der Waals surface area contributed by atoms with Gasteiger partial charge in [0.25, 0.3) is 0 Å². The van der Waals surface area contributed by atoms with Crippen LogP contribution < -0.4 is 0 Å². The zero-order valence-electron chi connectivity index (χ0n) is 22.1. The van der Waals surface area contributed by atoms with E-state index >= 15 is 0 Å². The van der Waals surface area contributed by atoms with Crippen molar-refractivity contribution in [1.82, 2.24) is 9.80 Å². The Labute approximate surface area is 224 Å². The van der Waals surface area contributed by atoms with Crippen molar-refractivity contribution >= 4 is 0 Å². The van der Waals surface area contributed by atoms with Crippen LogP contribution in [0.25, 0.3) is 0 Å². The third kappa shape index (κ3) is 5.64. The molecule has 2 aromatic carbocycles. The molecule has 0 bridgehead atoms. The molecule has 0 radical (unpaired) electrons. The molecule has 8 atom stereocenters. The summed E-state index contributed by atoms with van der Waals surface area (Å²) in [5, 5.41) is 21.9. The number of hydrogen-bond donors (Lipinski definition) is 2. The summed E-state index contributed by atoms with van der Waals surface area (Å²) in [5.41, 5.74) is -0.214. The van der Waals surface area contributed by atoms with Gasteiger partial charge in [-0.3, -0.25) is 9.80 Å². The molecule has 2 aromatic rings. The molecule has 204 valence electrons. The van der Waals surface area contributed by atoms with Crippen LogP contribution in [0.4, 0.5) is 0 Å². The molecule has 3 heterocycles. The van der Waals surface area contributed by atoms with Crippen molar-refractivity contribution in [2.45, 2.75) is 62.2 Å². The highest BCUT2D eigenvalue weighted by atomic mass is 16.8. The van der Waals surface area contributed by atoms with Gasteiger partial charge in [-0.2, -0.15) is 0 Å². The normalized spacial score (nSPS) is 33.3. The summed E-state index contributed by atoms with van der Waals surface area (Å²) >= 11 is 0. The zero-order chi connectivity index (χ0) is 26.9. The molecule has 6 unspecified atom stereocenters. The third-order valence-electron chi connectivity index (χ3n) is 7.56. The van der Waals surface area contributed by atoms with Crippen molar-refractivity contribution in [2.24, 2.45) is 0 Å². The van der Waals surface area contributed by atoms with Gasteiger partial charge in [0.2, 0.25) is 0 Å². The Hall–Kier alpha value is -2.40. The quantitative estimate of drug-likeness (QED) is 0.511. The van der Waals surface area contributed by atoms with Crippen LogP contribution in [0.1, 0.15) is 37.1 Å². The number of aliphatic hydroxyl groups is 2. The Morgan fingerprint density at radius 2 is 1.11 bits per heavy atom. The number of morpholine rings is 2. The van der Waals surface area contributed by atoms with Crippen LogP contribution in [0.3, 0.4) is 0 Å². The third-order valence-corrected chi connectivity index (χ3v) is 7.56. The number of ether oxygens (including phenoxy) is 4. The van der Waals surface area contributed by atoms with Crippen LogP contribution >= 0.6 is 0 Å². The molecule has 0 aromatic heterocycles. The maximum atomic E-state index is 10.9. The number of β-amino-alcohol motifs (C(OH)–C–C–N with tert-alkyl or cyclic N) is 2. The van der Waals surface area contributed by atoms with E-state index in [1.807, 2.05) is 60.7 Å². The van der Waals surface area contributed by atoms with Crippen molar-refractivity contribution in [3.05, 3.63) is 97.1 Å². The number of nitrogens with zero attached hydrogens (tertiary/aromatic N) is 2. The Balaban J connectivity index is 1.45. The minimum atomic E-state index is -1.16. The monoisotopic (exact) mass is 522 g/mol. The molecule has 3 fully saturated rings. The fourth-order valence-electron chi connectivity index (χ4n) is 5.36. The van der Waals surface area contributed by atoms with E-state index < -0.39 is 36.2 Å². The second-order valence-electron chi connectivity index (χ2n) is 10.8. The maximum absolute atomic E-state index is 10.9. The van der Waals surface area contributed by atoms with Gasteiger partial charge in [0.1, 0.15) is 0 Å². The maximum Gasteiger partial charge on any atom is 0.199 e. The van der Waals surface area contributed by atoms with Gasteiger partial charge in [0.05, 0.1) is 36.5 Å². The van der Waals surface area contributed by atoms with Gasteiger partial charge in [-0.05, 0) is 25.0 Å². The molecule has 0 amide bonds. The molecule has 0 aliphatic carbocycles. The molecule has 8 nitrogen and oxygen atoms in total. The van der Waals surface area contributed by atoms with Crippen LogP contribution in [0.15, 0.2) is 86.0 Å². The Morgan fingerprint density at radius 1 is 0.737 bits per heavy atom. The lowest BCUT2D eigenvalue weighted by Crippen LogP contribution is -2.69. The highest BCUT2D eigenvalue weighted by molar-refractivity contribution is 5.22. The lowest BCUT2D eigenvalue weighted by atomic mass is 9.98. The smallest absolute Gasteiger partial charge is 0.199 e. The molecular weight excluding hydrogens is 484 g/mol. The Morgan fingerprint density at radius 3 is 1.45 bits per heavy atom. The average Bonchev–Trinajstić information content (AvgIpc) is 2.93. The SMILES string of the molecule is C=CC(C)(O)CN1C2OC3OC[C@@H](c4ccccc4)N(CC(C)(O)C=C)C3OC2OC[C@@H]1c1ccccc1. The van der Waals surface area contributed by atoms with Crippen molar-refractivity contribution in [1.29, 1.82) is 0 Å². The van der Waals surface area contributed by atoms with Gasteiger partial charge in [0.15, 0.2) is 25.0 Å². The Bertz CT molecular complexity index is 1010. The molecule has 0 spiro atoms. The molecule has 2 N–H and O–H groups in total. The highest BCUT2D eigenvalue weighted by Crippen LogP contribution is 2.41. The first-order valence-corrected chi connectivity index (χ1v) is 13.1. The summed E-state index contributed by atoms with van der Waals surface area (Å²) in [7, 11) is 0. The summed E-state index contributed by atoms with van der Waals surface area (Å²) in [6.45, 7) is 12.3. The summed E-state index contributed by atoms with van der Waals surface area (Å²) in [4.78, 5) is 4.14. The second kappa shape index (κ2) is 11.0. The summed E-state index contributed by atoms with van der Waals surface area (Å²) in [6, 6.07) is 19.7.